The Bertz CT molecular complexity index is 550. The summed E-state index contributed by atoms with van der Waals surface area (Å²) in [6, 6.07) is 0. The van der Waals surface area contributed by atoms with Gasteiger partial charge in [-0.3, -0.25) is 4.57 Å². The Morgan fingerprint density at radius 1 is 1.28 bits per heavy atom. The van der Waals surface area contributed by atoms with Gasteiger partial charge < -0.3 is 9.64 Å². The van der Waals surface area contributed by atoms with Crippen LogP contribution < -0.4 is 4.90 Å². The van der Waals surface area contributed by atoms with Crippen LogP contribution in [-0.2, 0) is 4.74 Å². The molecule has 0 unspecified atom stereocenters. The Morgan fingerprint density at radius 2 is 2.06 bits per heavy atom. The Labute approximate surface area is 125 Å². The number of ether oxygens (including phenoxy) is 1. The molecule has 2 aromatic rings. The van der Waals surface area contributed by atoms with E-state index in [-0.39, 0.29) is 0 Å². The van der Waals surface area contributed by atoms with Crippen LogP contribution in [0.15, 0.2) is 20.9 Å². The van der Waals surface area contributed by atoms with Crippen molar-refractivity contribution < 1.29 is 4.74 Å². The highest BCUT2D eigenvalue weighted by atomic mass is 79.9. The van der Waals surface area contributed by atoms with E-state index >= 15 is 0 Å². The maximum atomic E-state index is 5.34. The third kappa shape index (κ3) is 2.34. The van der Waals surface area contributed by atoms with Gasteiger partial charge in [0.25, 0.3) is 0 Å². The fourth-order valence-corrected chi connectivity index (χ4v) is 3.25. The topological polar surface area (TPSA) is 43.2 Å². The minimum atomic E-state index is 0.773. The van der Waals surface area contributed by atoms with Gasteiger partial charge in [-0.2, -0.15) is 0 Å². The van der Waals surface area contributed by atoms with Crippen LogP contribution in [0.1, 0.15) is 0 Å². The summed E-state index contributed by atoms with van der Waals surface area (Å²) in [4.78, 5) is 11.1. The van der Waals surface area contributed by atoms with E-state index in [4.69, 9.17) is 4.74 Å². The quantitative estimate of drug-likeness (QED) is 0.786. The summed E-state index contributed by atoms with van der Waals surface area (Å²) in [5, 5.41) is 3.06. The first-order valence-electron chi connectivity index (χ1n) is 5.42. The van der Waals surface area contributed by atoms with Crippen molar-refractivity contribution in [3.63, 3.8) is 0 Å². The van der Waals surface area contributed by atoms with Crippen LogP contribution in [0.2, 0.25) is 0 Å². The summed E-state index contributed by atoms with van der Waals surface area (Å²) in [7, 11) is 0. The largest absolute Gasteiger partial charge is 0.378 e. The first kappa shape index (κ1) is 12.6. The molecule has 1 fully saturated rings. The van der Waals surface area contributed by atoms with Crippen LogP contribution in [0.5, 0.6) is 0 Å². The number of halogens is 2. The zero-order valence-corrected chi connectivity index (χ0v) is 13.3. The second-order valence-corrected chi connectivity index (χ2v) is 6.12. The van der Waals surface area contributed by atoms with Crippen molar-refractivity contribution in [3.05, 3.63) is 20.9 Å². The number of anilines is 1. The number of hydrogen-bond acceptors (Lipinski definition) is 5. The maximum Gasteiger partial charge on any atom is 0.187 e. The van der Waals surface area contributed by atoms with Gasteiger partial charge in [0.2, 0.25) is 0 Å². The zero-order chi connectivity index (χ0) is 12.5. The first-order valence-corrected chi connectivity index (χ1v) is 7.89. The molecule has 96 valence electrons. The molecule has 3 heterocycles. The normalized spacial score (nSPS) is 16.2. The number of imidazole rings is 1. The summed E-state index contributed by atoms with van der Waals surface area (Å²) < 4.78 is 8.91. The van der Waals surface area contributed by atoms with E-state index in [1.54, 1.807) is 17.7 Å². The van der Waals surface area contributed by atoms with Gasteiger partial charge in [0, 0.05) is 18.5 Å². The Balaban J connectivity index is 1.87. The van der Waals surface area contributed by atoms with E-state index in [1.165, 1.54) is 0 Å². The smallest absolute Gasteiger partial charge is 0.187 e. The predicted octanol–water partition coefficient (Wildman–Crippen LogP) is 2.69. The molecule has 0 bridgehead atoms. The minimum absolute atomic E-state index is 0.773. The molecular weight excluding hydrogens is 384 g/mol. The van der Waals surface area contributed by atoms with Gasteiger partial charge in [-0.1, -0.05) is 0 Å². The zero-order valence-electron chi connectivity index (χ0n) is 9.34. The lowest BCUT2D eigenvalue weighted by Gasteiger charge is -2.25. The van der Waals surface area contributed by atoms with Crippen molar-refractivity contribution in [1.82, 2.24) is 14.5 Å². The van der Waals surface area contributed by atoms with E-state index in [0.29, 0.717) is 0 Å². The molecule has 0 saturated carbocycles. The van der Waals surface area contributed by atoms with E-state index in [1.807, 2.05) is 9.95 Å². The highest BCUT2D eigenvalue weighted by Gasteiger charge is 2.16. The van der Waals surface area contributed by atoms with Gasteiger partial charge >= 0.3 is 0 Å². The SMILES string of the molecule is Brc1ncn(-c2csc(N3CCOCC3)n2)c1Br. The predicted molar refractivity (Wildman–Crippen MR) is 77.7 cm³/mol. The first-order chi connectivity index (χ1) is 8.75. The molecule has 3 rings (SSSR count). The van der Waals surface area contributed by atoms with E-state index < -0.39 is 0 Å². The molecule has 0 atom stereocenters. The Morgan fingerprint density at radius 3 is 2.72 bits per heavy atom. The maximum absolute atomic E-state index is 5.34. The van der Waals surface area contributed by atoms with Crippen LogP contribution in [0.25, 0.3) is 5.82 Å². The molecular formula is C10H10Br2N4OS. The van der Waals surface area contributed by atoms with Crippen molar-refractivity contribution in [1.29, 1.82) is 0 Å². The van der Waals surface area contributed by atoms with Crippen molar-refractivity contribution >= 4 is 48.3 Å². The standard InChI is InChI=1S/C10H10Br2N4OS/c11-8-9(12)16(6-13-8)7-5-18-10(14-7)15-1-3-17-4-2-15/h5-6H,1-4H2. The lowest BCUT2D eigenvalue weighted by molar-refractivity contribution is 0.122. The molecule has 8 heteroatoms. The lowest BCUT2D eigenvalue weighted by Crippen LogP contribution is -2.36. The molecule has 0 aliphatic carbocycles. The van der Waals surface area contributed by atoms with Crippen LogP contribution in [-0.4, -0.2) is 40.8 Å². The lowest BCUT2D eigenvalue weighted by atomic mass is 10.5. The molecule has 5 nitrogen and oxygen atoms in total. The Kier molecular flexibility index (Phi) is 3.69. The van der Waals surface area contributed by atoms with Gasteiger partial charge in [-0.25, -0.2) is 9.97 Å². The van der Waals surface area contributed by atoms with Crippen molar-refractivity contribution in [2.75, 3.05) is 31.2 Å². The summed E-state index contributed by atoms with van der Waals surface area (Å²) in [5.41, 5.74) is 0. The van der Waals surface area contributed by atoms with Gasteiger partial charge in [-0.05, 0) is 31.9 Å². The van der Waals surface area contributed by atoms with Crippen molar-refractivity contribution in [2.45, 2.75) is 0 Å². The monoisotopic (exact) mass is 392 g/mol. The number of morpholine rings is 1. The van der Waals surface area contributed by atoms with Gasteiger partial charge in [-0.15, -0.1) is 11.3 Å². The number of hydrogen-bond donors (Lipinski definition) is 0. The number of rotatable bonds is 2. The van der Waals surface area contributed by atoms with Crippen molar-refractivity contribution in [2.24, 2.45) is 0 Å². The third-order valence-corrected chi connectivity index (χ3v) is 5.44. The van der Waals surface area contributed by atoms with E-state index in [2.05, 4.69) is 46.7 Å². The van der Waals surface area contributed by atoms with Crippen LogP contribution >= 0.6 is 43.2 Å². The molecule has 18 heavy (non-hydrogen) atoms. The molecule has 1 aliphatic rings. The van der Waals surface area contributed by atoms with Crippen LogP contribution in [0, 0.1) is 0 Å². The Hall–Kier alpha value is -0.440. The average molecular weight is 394 g/mol. The van der Waals surface area contributed by atoms with Gasteiger partial charge in [0.15, 0.2) is 10.9 Å². The van der Waals surface area contributed by atoms with Crippen LogP contribution in [0.3, 0.4) is 0 Å². The third-order valence-electron chi connectivity index (χ3n) is 2.68. The summed E-state index contributed by atoms with van der Waals surface area (Å²) >= 11 is 8.49. The van der Waals surface area contributed by atoms with E-state index in [9.17, 15) is 0 Å². The molecule has 0 amide bonds. The van der Waals surface area contributed by atoms with Gasteiger partial charge in [0.05, 0.1) is 13.2 Å². The summed E-state index contributed by atoms with van der Waals surface area (Å²) in [6.45, 7) is 3.36. The molecule has 0 N–H and O–H groups in total. The minimum Gasteiger partial charge on any atom is -0.378 e. The molecule has 1 saturated heterocycles. The molecule has 0 spiro atoms. The fraction of sp³-hybridized carbons (Fsp3) is 0.400. The average Bonchev–Trinajstić information content (AvgIpc) is 3.00. The highest BCUT2D eigenvalue weighted by Crippen LogP contribution is 2.28. The van der Waals surface area contributed by atoms with Crippen molar-refractivity contribution in [3.8, 4) is 5.82 Å². The summed E-state index contributed by atoms with van der Waals surface area (Å²) in [5.74, 6) is 0.881. The number of nitrogens with zero attached hydrogens (tertiary/aromatic N) is 4. The second-order valence-electron chi connectivity index (χ2n) is 3.78. The van der Waals surface area contributed by atoms with Crippen LogP contribution in [0.4, 0.5) is 5.13 Å². The fourth-order valence-electron chi connectivity index (χ4n) is 1.74. The van der Waals surface area contributed by atoms with Gasteiger partial charge in [0.1, 0.15) is 15.5 Å². The molecule has 1 aliphatic heterocycles. The second kappa shape index (κ2) is 5.28. The molecule has 0 radical (unpaired) electrons. The molecule has 0 aromatic carbocycles. The number of aromatic nitrogens is 3. The summed E-state index contributed by atoms with van der Waals surface area (Å²) in [6.07, 6.45) is 1.74. The van der Waals surface area contributed by atoms with E-state index in [0.717, 1.165) is 46.5 Å². The molecule has 2 aromatic heterocycles. The number of thiazole rings is 1. The highest BCUT2D eigenvalue weighted by molar-refractivity contribution is 9.13.